The molecule has 0 aliphatic heterocycles. The van der Waals surface area contributed by atoms with Gasteiger partial charge in [0.2, 0.25) is 0 Å². The summed E-state index contributed by atoms with van der Waals surface area (Å²) in [6.07, 6.45) is 6.69. The molecular formula is C24H48NO3P. The van der Waals surface area contributed by atoms with E-state index in [1.54, 1.807) is 0 Å². The second-order valence-electron chi connectivity index (χ2n) is 11.8. The summed E-state index contributed by atoms with van der Waals surface area (Å²) in [5.74, 6) is 3.14. The van der Waals surface area contributed by atoms with Gasteiger partial charge in [0.15, 0.2) is 0 Å². The maximum Gasteiger partial charge on any atom is 0.406 e. The molecular weight excluding hydrogens is 381 g/mol. The van der Waals surface area contributed by atoms with Crippen LogP contribution in [0.3, 0.4) is 0 Å². The van der Waals surface area contributed by atoms with Gasteiger partial charge in [-0.2, -0.15) is 0 Å². The predicted molar refractivity (Wildman–Crippen MR) is 123 cm³/mol. The zero-order valence-electron chi connectivity index (χ0n) is 20.5. The van der Waals surface area contributed by atoms with Crippen molar-refractivity contribution in [2.75, 3.05) is 0 Å². The molecule has 2 saturated carbocycles. The van der Waals surface area contributed by atoms with Crippen LogP contribution in [0.2, 0.25) is 0 Å². The molecule has 4 nitrogen and oxygen atoms in total. The molecule has 2 fully saturated rings. The second kappa shape index (κ2) is 10.2. The standard InChI is InChI=1S/C24H48NO3P/c1-16(2)20-12-10-18(5)14-22(20)27-29(26,25-24(7,8)9)28-23-15-19(6)11-13-21(23)17(3)4/h16-23H,10-15H2,1-9H3,(H,25,26)/t18-,19+,20-,21-,22+,23-,29?/m1/s1. The molecule has 0 spiro atoms. The van der Waals surface area contributed by atoms with Crippen LogP contribution in [0.25, 0.3) is 0 Å². The van der Waals surface area contributed by atoms with Gasteiger partial charge in [0, 0.05) is 5.54 Å². The molecule has 0 saturated heterocycles. The first kappa shape index (κ1) is 25.4. The molecule has 2 rings (SSSR count). The molecule has 0 amide bonds. The van der Waals surface area contributed by atoms with Gasteiger partial charge in [-0.05, 0) is 82.0 Å². The van der Waals surface area contributed by atoms with Gasteiger partial charge in [-0.1, -0.05) is 54.4 Å². The highest BCUT2D eigenvalue weighted by Gasteiger charge is 2.43. The Hall–Kier alpha value is 0.110. The highest BCUT2D eigenvalue weighted by molar-refractivity contribution is 7.51. The maximum absolute atomic E-state index is 14.2. The third kappa shape index (κ3) is 7.63. The van der Waals surface area contributed by atoms with Crippen molar-refractivity contribution in [2.24, 2.45) is 35.5 Å². The molecule has 5 heteroatoms. The van der Waals surface area contributed by atoms with Gasteiger partial charge in [-0.15, -0.1) is 0 Å². The molecule has 172 valence electrons. The zero-order valence-corrected chi connectivity index (χ0v) is 21.4. The van der Waals surface area contributed by atoms with E-state index in [2.05, 4.69) is 46.6 Å². The van der Waals surface area contributed by atoms with E-state index in [1.807, 2.05) is 20.8 Å². The Labute approximate surface area is 180 Å². The molecule has 7 atom stereocenters. The summed E-state index contributed by atoms with van der Waals surface area (Å²) in [6.45, 7) is 19.7. The Kier molecular flexibility index (Phi) is 8.88. The summed E-state index contributed by atoms with van der Waals surface area (Å²) in [6, 6.07) is 0. The van der Waals surface area contributed by atoms with E-state index in [4.69, 9.17) is 9.05 Å². The maximum atomic E-state index is 14.2. The van der Waals surface area contributed by atoms with Crippen LogP contribution in [0.5, 0.6) is 0 Å². The SMILES string of the molecule is CC(C)[C@H]1CC[C@@H](C)C[C@@H]1OP(=O)(NC(C)(C)C)O[C@@H]1C[C@@H](C)CC[C@@H]1C(C)C. The van der Waals surface area contributed by atoms with Gasteiger partial charge < -0.3 is 0 Å². The van der Waals surface area contributed by atoms with Gasteiger partial charge in [-0.3, -0.25) is 9.05 Å². The molecule has 0 aromatic rings. The lowest BCUT2D eigenvalue weighted by Crippen LogP contribution is -2.42. The van der Waals surface area contributed by atoms with Crippen molar-refractivity contribution in [1.82, 2.24) is 5.09 Å². The fourth-order valence-corrected chi connectivity index (χ4v) is 7.49. The zero-order chi connectivity index (χ0) is 22.0. The van der Waals surface area contributed by atoms with E-state index < -0.39 is 7.75 Å². The smallest absolute Gasteiger partial charge is 0.293 e. The molecule has 0 bridgehead atoms. The largest absolute Gasteiger partial charge is 0.406 e. The third-order valence-corrected chi connectivity index (χ3v) is 8.98. The fraction of sp³-hybridized carbons (Fsp3) is 1.00. The lowest BCUT2D eigenvalue weighted by Gasteiger charge is -2.42. The second-order valence-corrected chi connectivity index (χ2v) is 13.4. The topological polar surface area (TPSA) is 47.6 Å². The number of rotatable bonds is 7. The minimum absolute atomic E-state index is 0.00190. The Balaban J connectivity index is 2.25. The van der Waals surface area contributed by atoms with Crippen LogP contribution >= 0.6 is 7.75 Å². The summed E-state index contributed by atoms with van der Waals surface area (Å²) in [5, 5.41) is 3.29. The fourth-order valence-electron chi connectivity index (χ4n) is 5.32. The van der Waals surface area contributed by atoms with Gasteiger partial charge in [0.05, 0.1) is 12.2 Å². The van der Waals surface area contributed by atoms with Crippen molar-refractivity contribution in [3.05, 3.63) is 0 Å². The average molecular weight is 430 g/mol. The molecule has 0 radical (unpaired) electrons. The first-order chi connectivity index (χ1) is 13.3. The van der Waals surface area contributed by atoms with Crippen LogP contribution in [-0.2, 0) is 13.6 Å². The highest BCUT2D eigenvalue weighted by Crippen LogP contribution is 2.54. The number of hydrogen-bond donors (Lipinski definition) is 1. The monoisotopic (exact) mass is 429 g/mol. The van der Waals surface area contributed by atoms with E-state index in [0.29, 0.717) is 35.5 Å². The van der Waals surface area contributed by atoms with Crippen LogP contribution in [0, 0.1) is 35.5 Å². The molecule has 0 heterocycles. The summed E-state index contributed by atoms with van der Waals surface area (Å²) in [7, 11) is -3.43. The molecule has 29 heavy (non-hydrogen) atoms. The minimum atomic E-state index is -3.43. The Morgan fingerprint density at radius 3 is 1.48 bits per heavy atom. The lowest BCUT2D eigenvalue weighted by atomic mass is 9.75. The predicted octanol–water partition coefficient (Wildman–Crippen LogP) is 7.44. The first-order valence-corrected chi connectivity index (χ1v) is 13.6. The van der Waals surface area contributed by atoms with Gasteiger partial charge >= 0.3 is 7.75 Å². The first-order valence-electron chi connectivity index (χ1n) is 12.1. The Bertz CT molecular complexity index is 519. The van der Waals surface area contributed by atoms with E-state index >= 15 is 0 Å². The van der Waals surface area contributed by atoms with Gasteiger partial charge in [0.25, 0.3) is 0 Å². The van der Waals surface area contributed by atoms with E-state index in [9.17, 15) is 4.57 Å². The van der Waals surface area contributed by atoms with E-state index in [-0.39, 0.29) is 17.7 Å². The summed E-state index contributed by atoms with van der Waals surface area (Å²) < 4.78 is 27.1. The van der Waals surface area contributed by atoms with E-state index in [1.165, 1.54) is 12.8 Å². The number of nitrogens with one attached hydrogen (secondary N) is 1. The van der Waals surface area contributed by atoms with E-state index in [0.717, 1.165) is 25.7 Å². The quantitative estimate of drug-likeness (QED) is 0.427. The normalized spacial score (nSPS) is 36.4. The van der Waals surface area contributed by atoms with Crippen LogP contribution in [0.1, 0.15) is 101 Å². The lowest BCUT2D eigenvalue weighted by molar-refractivity contribution is -0.00819. The van der Waals surface area contributed by atoms with Gasteiger partial charge in [0.1, 0.15) is 0 Å². The van der Waals surface area contributed by atoms with Crippen molar-refractivity contribution in [3.8, 4) is 0 Å². The van der Waals surface area contributed by atoms with Crippen molar-refractivity contribution in [3.63, 3.8) is 0 Å². The highest BCUT2D eigenvalue weighted by atomic mass is 31.2. The van der Waals surface area contributed by atoms with Crippen LogP contribution in [0.15, 0.2) is 0 Å². The summed E-state index contributed by atoms with van der Waals surface area (Å²) in [4.78, 5) is 0. The molecule has 0 aromatic carbocycles. The molecule has 1 unspecified atom stereocenters. The van der Waals surface area contributed by atoms with Crippen LogP contribution in [-0.4, -0.2) is 17.7 Å². The average Bonchev–Trinajstić information content (AvgIpc) is 2.51. The van der Waals surface area contributed by atoms with Gasteiger partial charge in [-0.25, -0.2) is 9.65 Å². The van der Waals surface area contributed by atoms with Crippen molar-refractivity contribution in [2.45, 2.75) is 119 Å². The van der Waals surface area contributed by atoms with Crippen LogP contribution in [0.4, 0.5) is 0 Å². The van der Waals surface area contributed by atoms with Crippen molar-refractivity contribution < 1.29 is 13.6 Å². The molecule has 0 aromatic heterocycles. The third-order valence-electron chi connectivity index (χ3n) is 6.94. The van der Waals surface area contributed by atoms with Crippen molar-refractivity contribution in [1.29, 1.82) is 0 Å². The number of hydrogen-bond acceptors (Lipinski definition) is 3. The van der Waals surface area contributed by atoms with Crippen LogP contribution < -0.4 is 5.09 Å². The Morgan fingerprint density at radius 2 is 1.17 bits per heavy atom. The summed E-state index contributed by atoms with van der Waals surface area (Å²) >= 11 is 0. The minimum Gasteiger partial charge on any atom is -0.293 e. The van der Waals surface area contributed by atoms with Crippen molar-refractivity contribution >= 4 is 7.75 Å². The molecule has 1 N–H and O–H groups in total. The summed E-state index contributed by atoms with van der Waals surface area (Å²) in [5.41, 5.74) is -0.337. The molecule has 2 aliphatic rings. The Morgan fingerprint density at radius 1 is 0.793 bits per heavy atom. The molecule has 2 aliphatic carbocycles.